The van der Waals surface area contributed by atoms with Gasteiger partial charge >= 0.3 is 0 Å². The third kappa shape index (κ3) is 2.75. The van der Waals surface area contributed by atoms with E-state index in [0.717, 1.165) is 11.3 Å². The highest BCUT2D eigenvalue weighted by Crippen LogP contribution is 2.24. The minimum Gasteiger partial charge on any atom is -0.365 e. The highest BCUT2D eigenvalue weighted by Gasteiger charge is 2.11. The van der Waals surface area contributed by atoms with Crippen LogP contribution in [0.1, 0.15) is 15.2 Å². The Balaban J connectivity index is 1.86. The Hall–Kier alpha value is -2.74. The molecular weight excluding hydrogens is 288 g/mol. The highest BCUT2D eigenvalue weighted by atomic mass is 32.1. The number of hydrogen-bond donors (Lipinski definition) is 2. The summed E-state index contributed by atoms with van der Waals surface area (Å²) in [5, 5.41) is 8.12. The first kappa shape index (κ1) is 13.3. The predicted molar refractivity (Wildman–Crippen MR) is 80.0 cm³/mol. The second-order valence-electron chi connectivity index (χ2n) is 4.33. The SMILES string of the molecule is Cc1cn(-c2ccncc2)nc1Nc1ncc(C(N)=O)s1. The molecule has 0 radical (unpaired) electrons. The number of amides is 1. The minimum atomic E-state index is -0.486. The Morgan fingerprint density at radius 1 is 1.38 bits per heavy atom. The van der Waals surface area contributed by atoms with Crippen LogP contribution in [-0.2, 0) is 0 Å². The number of carbonyl (C=O) groups is 1. The van der Waals surface area contributed by atoms with E-state index in [0.29, 0.717) is 15.8 Å². The van der Waals surface area contributed by atoms with Crippen LogP contribution in [0, 0.1) is 6.92 Å². The molecular formula is C13H12N6OS. The first-order chi connectivity index (χ1) is 10.1. The van der Waals surface area contributed by atoms with Crippen LogP contribution < -0.4 is 11.1 Å². The van der Waals surface area contributed by atoms with Gasteiger partial charge in [-0.05, 0) is 19.1 Å². The molecule has 0 unspecified atom stereocenters. The van der Waals surface area contributed by atoms with Gasteiger partial charge in [0.2, 0.25) is 0 Å². The van der Waals surface area contributed by atoms with Crippen LogP contribution in [0.25, 0.3) is 5.69 Å². The number of primary amides is 1. The van der Waals surface area contributed by atoms with E-state index < -0.39 is 5.91 Å². The Morgan fingerprint density at radius 2 is 2.14 bits per heavy atom. The number of hydrogen-bond acceptors (Lipinski definition) is 6. The summed E-state index contributed by atoms with van der Waals surface area (Å²) in [7, 11) is 0. The first-order valence-electron chi connectivity index (χ1n) is 6.13. The van der Waals surface area contributed by atoms with Crippen molar-refractivity contribution in [2.45, 2.75) is 6.92 Å². The number of aromatic nitrogens is 4. The molecule has 3 rings (SSSR count). The molecule has 0 saturated heterocycles. The normalized spacial score (nSPS) is 10.5. The monoisotopic (exact) mass is 300 g/mol. The zero-order valence-electron chi connectivity index (χ0n) is 11.1. The van der Waals surface area contributed by atoms with Crippen molar-refractivity contribution in [2.75, 3.05) is 5.32 Å². The molecule has 0 bridgehead atoms. The van der Waals surface area contributed by atoms with Crippen molar-refractivity contribution in [3.05, 3.63) is 47.4 Å². The van der Waals surface area contributed by atoms with Gasteiger partial charge in [0.25, 0.3) is 5.91 Å². The van der Waals surface area contributed by atoms with E-state index in [2.05, 4.69) is 20.4 Å². The molecule has 0 spiro atoms. The average molecular weight is 300 g/mol. The fourth-order valence-electron chi connectivity index (χ4n) is 1.76. The summed E-state index contributed by atoms with van der Waals surface area (Å²) in [5.41, 5.74) is 7.08. The number of anilines is 2. The molecule has 8 heteroatoms. The molecule has 3 aromatic rings. The van der Waals surface area contributed by atoms with Gasteiger partial charge in [0, 0.05) is 24.2 Å². The van der Waals surface area contributed by atoms with Crippen molar-refractivity contribution in [1.29, 1.82) is 0 Å². The van der Waals surface area contributed by atoms with Crippen LogP contribution in [0.5, 0.6) is 0 Å². The fraction of sp³-hybridized carbons (Fsp3) is 0.0769. The summed E-state index contributed by atoms with van der Waals surface area (Å²) in [4.78, 5) is 19.5. The van der Waals surface area contributed by atoms with Crippen molar-refractivity contribution < 1.29 is 4.79 Å². The van der Waals surface area contributed by atoms with Gasteiger partial charge in [0.15, 0.2) is 10.9 Å². The van der Waals surface area contributed by atoms with E-state index in [1.165, 1.54) is 17.5 Å². The molecule has 3 heterocycles. The Kier molecular flexibility index (Phi) is 3.36. The quantitative estimate of drug-likeness (QED) is 0.766. The summed E-state index contributed by atoms with van der Waals surface area (Å²) in [6, 6.07) is 3.73. The number of pyridine rings is 1. The summed E-state index contributed by atoms with van der Waals surface area (Å²) >= 11 is 1.19. The maximum Gasteiger partial charge on any atom is 0.260 e. The number of nitrogens with zero attached hydrogens (tertiary/aromatic N) is 4. The van der Waals surface area contributed by atoms with E-state index in [1.54, 1.807) is 17.1 Å². The van der Waals surface area contributed by atoms with Crippen molar-refractivity contribution in [3.8, 4) is 5.69 Å². The highest BCUT2D eigenvalue weighted by molar-refractivity contribution is 7.17. The summed E-state index contributed by atoms with van der Waals surface area (Å²) in [6.07, 6.45) is 6.77. The van der Waals surface area contributed by atoms with E-state index in [-0.39, 0.29) is 0 Å². The Labute approximate surface area is 124 Å². The fourth-order valence-corrected chi connectivity index (χ4v) is 2.43. The van der Waals surface area contributed by atoms with Crippen molar-refractivity contribution >= 4 is 28.2 Å². The molecule has 3 aromatic heterocycles. The lowest BCUT2D eigenvalue weighted by Crippen LogP contribution is -2.08. The third-order valence-electron chi connectivity index (χ3n) is 2.80. The molecule has 3 N–H and O–H groups in total. The number of thiazole rings is 1. The van der Waals surface area contributed by atoms with E-state index in [9.17, 15) is 4.79 Å². The number of aryl methyl sites for hydroxylation is 1. The lowest BCUT2D eigenvalue weighted by atomic mass is 10.4. The second-order valence-corrected chi connectivity index (χ2v) is 5.36. The molecule has 0 aromatic carbocycles. The van der Waals surface area contributed by atoms with E-state index in [4.69, 9.17) is 5.73 Å². The summed E-state index contributed by atoms with van der Waals surface area (Å²) in [6.45, 7) is 1.94. The molecule has 1 amide bonds. The molecule has 0 fully saturated rings. The van der Waals surface area contributed by atoms with Crippen molar-refractivity contribution in [2.24, 2.45) is 5.73 Å². The lowest BCUT2D eigenvalue weighted by molar-refractivity contribution is 0.100. The number of rotatable bonds is 4. The third-order valence-corrected chi connectivity index (χ3v) is 3.73. The number of nitrogens with two attached hydrogens (primary N) is 1. The van der Waals surface area contributed by atoms with E-state index >= 15 is 0 Å². The van der Waals surface area contributed by atoms with Gasteiger partial charge in [-0.3, -0.25) is 9.78 Å². The van der Waals surface area contributed by atoms with Crippen molar-refractivity contribution in [1.82, 2.24) is 19.7 Å². The lowest BCUT2D eigenvalue weighted by Gasteiger charge is -2.00. The first-order valence-corrected chi connectivity index (χ1v) is 6.94. The van der Waals surface area contributed by atoms with Crippen molar-refractivity contribution in [3.63, 3.8) is 0 Å². The molecule has 0 aliphatic carbocycles. The summed E-state index contributed by atoms with van der Waals surface area (Å²) in [5.74, 6) is 0.191. The van der Waals surface area contributed by atoms with Crippen LogP contribution in [0.15, 0.2) is 36.9 Å². The summed E-state index contributed by atoms with van der Waals surface area (Å²) < 4.78 is 1.75. The number of nitrogens with one attached hydrogen (secondary N) is 1. The molecule has 21 heavy (non-hydrogen) atoms. The standard InChI is InChI=1S/C13H12N6OS/c1-8-7-19(9-2-4-15-5-3-9)18-12(8)17-13-16-6-10(21-13)11(14)20/h2-7H,1H3,(H2,14,20)(H,16,17,18). The van der Waals surface area contributed by atoms with Crippen LogP contribution >= 0.6 is 11.3 Å². The Bertz CT molecular complexity index is 779. The molecule has 0 atom stereocenters. The van der Waals surface area contributed by atoms with Gasteiger partial charge in [0.1, 0.15) is 4.88 Å². The van der Waals surface area contributed by atoms with Gasteiger partial charge in [0.05, 0.1) is 11.9 Å². The van der Waals surface area contributed by atoms with Crippen LogP contribution in [-0.4, -0.2) is 25.7 Å². The predicted octanol–water partition coefficient (Wildman–Crippen LogP) is 1.87. The zero-order valence-corrected chi connectivity index (χ0v) is 12.0. The van der Waals surface area contributed by atoms with Gasteiger partial charge in [-0.1, -0.05) is 11.3 Å². The second kappa shape index (κ2) is 5.33. The molecule has 0 aliphatic heterocycles. The maximum atomic E-state index is 11.1. The average Bonchev–Trinajstić information content (AvgIpc) is 3.08. The van der Waals surface area contributed by atoms with Gasteiger partial charge in [-0.15, -0.1) is 5.10 Å². The largest absolute Gasteiger partial charge is 0.365 e. The molecule has 7 nitrogen and oxygen atoms in total. The van der Waals surface area contributed by atoms with Crippen LogP contribution in [0.4, 0.5) is 10.9 Å². The number of carbonyl (C=O) groups excluding carboxylic acids is 1. The Morgan fingerprint density at radius 3 is 2.81 bits per heavy atom. The minimum absolute atomic E-state index is 0.406. The van der Waals surface area contributed by atoms with E-state index in [1.807, 2.05) is 25.3 Å². The van der Waals surface area contributed by atoms with Gasteiger partial charge < -0.3 is 11.1 Å². The van der Waals surface area contributed by atoms with Gasteiger partial charge in [-0.2, -0.15) is 0 Å². The maximum absolute atomic E-state index is 11.1. The van der Waals surface area contributed by atoms with Crippen LogP contribution in [0.3, 0.4) is 0 Å². The molecule has 0 saturated carbocycles. The topological polar surface area (TPSA) is 98.7 Å². The molecule has 106 valence electrons. The van der Waals surface area contributed by atoms with Gasteiger partial charge in [-0.25, -0.2) is 9.67 Å². The smallest absolute Gasteiger partial charge is 0.260 e. The zero-order chi connectivity index (χ0) is 14.8. The molecule has 0 aliphatic rings. The van der Waals surface area contributed by atoms with Crippen LogP contribution in [0.2, 0.25) is 0 Å².